The Morgan fingerprint density at radius 2 is 2.19 bits per heavy atom. The van der Waals surface area contributed by atoms with Gasteiger partial charge in [-0.1, -0.05) is 0 Å². The Balaban J connectivity index is 1.63. The second-order valence-electron chi connectivity index (χ2n) is 6.12. The summed E-state index contributed by atoms with van der Waals surface area (Å²) in [7, 11) is 0. The molecule has 8 nitrogen and oxygen atoms in total. The van der Waals surface area contributed by atoms with Gasteiger partial charge in [0, 0.05) is 42.6 Å². The van der Waals surface area contributed by atoms with Crippen molar-refractivity contribution in [2.24, 2.45) is 0 Å². The van der Waals surface area contributed by atoms with Gasteiger partial charge in [0.2, 0.25) is 11.7 Å². The van der Waals surface area contributed by atoms with Crippen molar-refractivity contribution in [2.45, 2.75) is 18.9 Å². The van der Waals surface area contributed by atoms with Crippen LogP contribution in [0.4, 0.5) is 0 Å². The average Bonchev–Trinajstić information content (AvgIpc) is 3.18. The summed E-state index contributed by atoms with van der Waals surface area (Å²) in [6.45, 7) is 1.18. The number of aromatic amines is 1. The lowest BCUT2D eigenvalue weighted by atomic mass is 10.1. The maximum absolute atomic E-state index is 12.5. The van der Waals surface area contributed by atoms with E-state index in [0.717, 1.165) is 18.2 Å². The molecule has 1 saturated heterocycles. The quantitative estimate of drug-likeness (QED) is 0.563. The van der Waals surface area contributed by atoms with Crippen LogP contribution in [0.15, 0.2) is 41.7 Å². The Morgan fingerprint density at radius 3 is 2.96 bits per heavy atom. The minimum atomic E-state index is -1.31. The number of nitrogens with zero attached hydrogens (tertiary/aromatic N) is 1. The molecule has 0 saturated carbocycles. The molecule has 3 N–H and O–H groups in total. The van der Waals surface area contributed by atoms with Crippen LogP contribution in [0.1, 0.15) is 18.4 Å². The van der Waals surface area contributed by atoms with Gasteiger partial charge in [-0.2, -0.15) is 0 Å². The number of carbonyl (C=O) groups is 2. The van der Waals surface area contributed by atoms with Gasteiger partial charge in [-0.15, -0.1) is 0 Å². The fourth-order valence-electron chi connectivity index (χ4n) is 3.09. The molecule has 4 heterocycles. The van der Waals surface area contributed by atoms with E-state index in [1.165, 1.54) is 6.08 Å². The molecule has 0 radical (unpaired) electrons. The molecule has 2 aromatic rings. The number of H-pyrrole nitrogens is 1. The largest absolute Gasteiger partial charge is 0.477 e. The van der Waals surface area contributed by atoms with Crippen LogP contribution >= 0.6 is 0 Å². The zero-order valence-corrected chi connectivity index (χ0v) is 13.8. The normalized spacial score (nSPS) is 20.0. The first-order valence-electron chi connectivity index (χ1n) is 8.31. The van der Waals surface area contributed by atoms with Gasteiger partial charge in [0.05, 0.1) is 0 Å². The van der Waals surface area contributed by atoms with Gasteiger partial charge in [-0.3, -0.25) is 4.79 Å². The number of Topliss-reactive ketones (excluding diaryl/α,β-unsaturated/α-hetero) is 1. The van der Waals surface area contributed by atoms with Gasteiger partial charge in [0.1, 0.15) is 5.65 Å². The molecule has 4 rings (SSSR count). The summed E-state index contributed by atoms with van der Waals surface area (Å²) in [5.74, 6) is -1.99. The smallest absolute Gasteiger partial charge is 0.345 e. The second kappa shape index (κ2) is 6.64. The number of fused-ring (bicyclic) bond motifs is 1. The maximum Gasteiger partial charge on any atom is 0.345 e. The fourth-order valence-corrected chi connectivity index (χ4v) is 3.09. The first-order valence-corrected chi connectivity index (χ1v) is 8.31. The number of allylic oxidation sites excluding steroid dienone is 1. The number of carbonyl (C=O) groups excluding carboxylic acids is 1. The SMILES string of the molecule is O=C(O)C1=C(NC2CCOCC2)OC(=Cc2c[nH]c3ncccc23)C1=O. The van der Waals surface area contributed by atoms with E-state index in [4.69, 9.17) is 9.47 Å². The van der Waals surface area contributed by atoms with E-state index in [1.807, 2.05) is 6.07 Å². The third-order valence-corrected chi connectivity index (χ3v) is 4.43. The van der Waals surface area contributed by atoms with Crippen LogP contribution in [0.2, 0.25) is 0 Å². The highest BCUT2D eigenvalue weighted by molar-refractivity contribution is 6.26. The van der Waals surface area contributed by atoms with Gasteiger partial charge >= 0.3 is 5.97 Å². The van der Waals surface area contributed by atoms with Crippen LogP contribution in [0.3, 0.4) is 0 Å². The zero-order chi connectivity index (χ0) is 18.1. The summed E-state index contributed by atoms with van der Waals surface area (Å²) in [4.78, 5) is 31.3. The monoisotopic (exact) mass is 355 g/mol. The number of carboxylic acids is 1. The summed E-state index contributed by atoms with van der Waals surface area (Å²) in [5, 5.41) is 13.3. The van der Waals surface area contributed by atoms with E-state index < -0.39 is 11.8 Å². The molecule has 2 aliphatic heterocycles. The van der Waals surface area contributed by atoms with Crippen LogP contribution in [0, 0.1) is 0 Å². The van der Waals surface area contributed by atoms with Crippen molar-refractivity contribution in [3.63, 3.8) is 0 Å². The van der Waals surface area contributed by atoms with Gasteiger partial charge in [0.15, 0.2) is 11.3 Å². The summed E-state index contributed by atoms with van der Waals surface area (Å²) >= 11 is 0. The van der Waals surface area contributed by atoms with Crippen molar-refractivity contribution < 1.29 is 24.2 Å². The highest BCUT2D eigenvalue weighted by atomic mass is 16.5. The number of pyridine rings is 1. The van der Waals surface area contributed by atoms with E-state index in [2.05, 4.69) is 15.3 Å². The van der Waals surface area contributed by atoms with E-state index >= 15 is 0 Å². The molecule has 0 bridgehead atoms. The van der Waals surface area contributed by atoms with Gasteiger partial charge in [-0.05, 0) is 31.1 Å². The van der Waals surface area contributed by atoms with Gasteiger partial charge in [-0.25, -0.2) is 9.78 Å². The molecular weight excluding hydrogens is 338 g/mol. The average molecular weight is 355 g/mol. The zero-order valence-electron chi connectivity index (χ0n) is 13.8. The highest BCUT2D eigenvalue weighted by Crippen LogP contribution is 2.28. The molecule has 1 fully saturated rings. The van der Waals surface area contributed by atoms with E-state index in [0.29, 0.717) is 24.4 Å². The molecule has 2 aliphatic rings. The summed E-state index contributed by atoms with van der Waals surface area (Å²) in [6.07, 6.45) is 6.34. The Labute approximate surface area is 148 Å². The number of ether oxygens (including phenoxy) is 2. The third kappa shape index (κ3) is 2.95. The number of hydrogen-bond donors (Lipinski definition) is 3. The van der Waals surface area contributed by atoms with Gasteiger partial charge in [0.25, 0.3) is 0 Å². The molecule has 0 aromatic carbocycles. The minimum Gasteiger partial charge on any atom is -0.477 e. The number of hydrogen-bond acceptors (Lipinski definition) is 6. The lowest BCUT2D eigenvalue weighted by Crippen LogP contribution is -2.35. The molecule has 0 spiro atoms. The van der Waals surface area contributed by atoms with E-state index in [1.54, 1.807) is 18.5 Å². The van der Waals surface area contributed by atoms with Crippen molar-refractivity contribution in [1.82, 2.24) is 15.3 Å². The summed E-state index contributed by atoms with van der Waals surface area (Å²) in [6, 6.07) is 3.66. The number of aliphatic carboxylic acids is 1. The predicted molar refractivity (Wildman–Crippen MR) is 91.8 cm³/mol. The highest BCUT2D eigenvalue weighted by Gasteiger charge is 2.37. The number of ketones is 1. The molecule has 0 aliphatic carbocycles. The first-order chi connectivity index (χ1) is 12.6. The Bertz CT molecular complexity index is 937. The maximum atomic E-state index is 12.5. The molecule has 26 heavy (non-hydrogen) atoms. The van der Waals surface area contributed by atoms with E-state index in [-0.39, 0.29) is 23.3 Å². The van der Waals surface area contributed by atoms with E-state index in [9.17, 15) is 14.7 Å². The molecule has 0 unspecified atom stereocenters. The number of aromatic nitrogens is 2. The molecule has 134 valence electrons. The first kappa shape index (κ1) is 16.3. The fraction of sp³-hybridized carbons (Fsp3) is 0.278. The van der Waals surface area contributed by atoms with Crippen molar-refractivity contribution >= 4 is 28.9 Å². The number of nitrogens with one attached hydrogen (secondary N) is 2. The molecule has 2 aromatic heterocycles. The third-order valence-electron chi connectivity index (χ3n) is 4.43. The van der Waals surface area contributed by atoms with Crippen molar-refractivity contribution in [1.29, 1.82) is 0 Å². The van der Waals surface area contributed by atoms with Crippen LogP contribution in [0.25, 0.3) is 17.1 Å². The summed E-state index contributed by atoms with van der Waals surface area (Å²) in [5.41, 5.74) is 1.01. The van der Waals surface area contributed by atoms with Crippen molar-refractivity contribution in [3.05, 3.63) is 47.3 Å². The summed E-state index contributed by atoms with van der Waals surface area (Å²) < 4.78 is 10.9. The number of rotatable bonds is 4. The molecule has 0 atom stereocenters. The predicted octanol–water partition coefficient (Wildman–Crippen LogP) is 1.57. The van der Waals surface area contributed by atoms with Gasteiger partial charge < -0.3 is 24.9 Å². The lowest BCUT2D eigenvalue weighted by Gasteiger charge is -2.24. The van der Waals surface area contributed by atoms with Crippen molar-refractivity contribution in [2.75, 3.05) is 13.2 Å². The topological polar surface area (TPSA) is 114 Å². The minimum absolute atomic E-state index is 0.00128. The van der Waals surface area contributed by atoms with Crippen molar-refractivity contribution in [3.8, 4) is 0 Å². The molecule has 0 amide bonds. The standard InChI is InChI=1S/C18H17N3O5/c22-15-13(8-10-9-20-16-12(10)2-1-5-19-16)26-17(14(15)18(23)24)21-11-3-6-25-7-4-11/h1-2,5,8-9,11,21H,3-4,6-7H2,(H,19,20)(H,23,24). The second-order valence-corrected chi connectivity index (χ2v) is 6.12. The lowest BCUT2D eigenvalue weighted by molar-refractivity contribution is -0.134. The number of carboxylic acid groups (broad SMARTS) is 1. The Morgan fingerprint density at radius 1 is 1.38 bits per heavy atom. The Hall–Kier alpha value is -3.13. The van der Waals surface area contributed by atoms with Crippen LogP contribution < -0.4 is 5.32 Å². The molecule has 8 heteroatoms. The van der Waals surface area contributed by atoms with Crippen LogP contribution in [0.5, 0.6) is 0 Å². The Kier molecular flexibility index (Phi) is 4.18. The molecular formula is C18H17N3O5. The van der Waals surface area contributed by atoms with Crippen LogP contribution in [-0.4, -0.2) is 46.1 Å². The van der Waals surface area contributed by atoms with Crippen LogP contribution in [-0.2, 0) is 19.1 Å².